The number of aliphatic imine (C=N–C) groups is 1. The van der Waals surface area contributed by atoms with Gasteiger partial charge >= 0.3 is 14.2 Å². The first-order valence-corrected chi connectivity index (χ1v) is 32.2. The number of amides is 2. The molecule has 0 unspecified atom stereocenters. The van der Waals surface area contributed by atoms with Gasteiger partial charge in [0.1, 0.15) is 8.07 Å². The van der Waals surface area contributed by atoms with Crippen molar-refractivity contribution < 1.29 is 29.7 Å². The average Bonchev–Trinajstić information content (AvgIpc) is 1.05. The van der Waals surface area contributed by atoms with E-state index in [4.69, 9.17) is 0 Å². The standard InChI is InChI=1S/C69H80B2N6O6Si/c1-45(2)67(78)74-33-17-35-77(42-50-20-12-16-24-63(50)71(82)83)44-61-54-22-14-13-21-53(54)60(43-76(36-18-34-75-68(79)69(4,5)6)41-49-19-11-15-23-62(49)70(80)81)55-30-27-48(38-59(55)61)47-26-25-46(3)58(37-47)66-56-31-28-51(72-7)39-64(56)84(9,10)65-40-52(73-8)29-32-57(65)66/h11-16,19-32,37-40,72,80-83H,1,17-18,33-36,41-44H2,2-10H3,(H,74,78)(H,75,79). The third-order valence-electron chi connectivity index (χ3n) is 16.7. The Kier molecular flexibility index (Phi) is 19.1. The van der Waals surface area contributed by atoms with E-state index >= 15 is 0 Å². The van der Waals surface area contributed by atoms with Crippen molar-refractivity contribution >= 4 is 88.8 Å². The van der Waals surface area contributed by atoms with Gasteiger partial charge in [0.2, 0.25) is 11.8 Å². The number of nitrogens with zero attached hydrogens (tertiary/aromatic N) is 3. The van der Waals surface area contributed by atoms with Crippen LogP contribution < -0.4 is 32.1 Å². The molecule has 0 bridgehead atoms. The smallest absolute Gasteiger partial charge is 0.423 e. The van der Waals surface area contributed by atoms with Crippen LogP contribution in [-0.2, 0) is 35.8 Å². The number of anilines is 1. The molecule has 12 nitrogen and oxygen atoms in total. The minimum atomic E-state index is -2.21. The molecular formula is C69H80B2N6O6Si. The predicted octanol–water partition coefficient (Wildman–Crippen LogP) is 8.85. The van der Waals surface area contributed by atoms with Gasteiger partial charge < -0.3 is 36.0 Å². The number of hydrogen-bond donors (Lipinski definition) is 7. The van der Waals surface area contributed by atoms with E-state index in [-0.39, 0.29) is 11.8 Å². The highest BCUT2D eigenvalue weighted by Gasteiger charge is 2.40. The topological polar surface area (TPSA) is 170 Å². The second-order valence-electron chi connectivity index (χ2n) is 24.1. The van der Waals surface area contributed by atoms with Crippen molar-refractivity contribution in [2.24, 2.45) is 10.4 Å². The van der Waals surface area contributed by atoms with Crippen LogP contribution in [0.3, 0.4) is 0 Å². The van der Waals surface area contributed by atoms with Gasteiger partial charge in [0.15, 0.2) is 0 Å². The number of fused-ring (bicyclic) bond motifs is 4. The Balaban J connectivity index is 1.23. The Morgan fingerprint density at radius 3 is 1.77 bits per heavy atom. The lowest BCUT2D eigenvalue weighted by Crippen LogP contribution is -2.49. The normalized spacial score (nSPS) is 14.2. The molecule has 7 aromatic rings. The summed E-state index contributed by atoms with van der Waals surface area (Å²) in [5.41, 5.74) is 14.8. The number of rotatable bonds is 22. The molecule has 0 saturated heterocycles. The van der Waals surface area contributed by atoms with Crippen LogP contribution in [0.15, 0.2) is 174 Å². The van der Waals surface area contributed by atoms with Crippen LogP contribution in [-0.4, -0.2) is 110 Å². The molecule has 15 heteroatoms. The highest BCUT2D eigenvalue weighted by Crippen LogP contribution is 2.44. The fourth-order valence-electron chi connectivity index (χ4n) is 12.0. The molecule has 1 aliphatic carbocycles. The molecule has 84 heavy (non-hydrogen) atoms. The van der Waals surface area contributed by atoms with Crippen molar-refractivity contribution in [3.63, 3.8) is 0 Å². The largest absolute Gasteiger partial charge is 0.488 e. The zero-order valence-corrected chi connectivity index (χ0v) is 51.2. The number of allylic oxidation sites excluding steroid dienone is 5. The second kappa shape index (κ2) is 26.2. The quantitative estimate of drug-likeness (QED) is 0.0152. The first-order chi connectivity index (χ1) is 40.2. The Bertz CT molecular complexity index is 3790. The molecule has 0 spiro atoms. The van der Waals surface area contributed by atoms with E-state index in [1.807, 2.05) is 71.3 Å². The predicted molar refractivity (Wildman–Crippen MR) is 352 cm³/mol. The monoisotopic (exact) mass is 1140 g/mol. The van der Waals surface area contributed by atoms with E-state index in [0.29, 0.717) is 81.7 Å². The van der Waals surface area contributed by atoms with Crippen molar-refractivity contribution in [3.05, 3.63) is 207 Å². The van der Waals surface area contributed by atoms with Crippen molar-refractivity contribution in [3.8, 4) is 11.1 Å². The van der Waals surface area contributed by atoms with Crippen molar-refractivity contribution in [1.29, 1.82) is 0 Å². The first-order valence-electron chi connectivity index (χ1n) is 29.2. The molecule has 7 N–H and O–H groups in total. The number of carbonyl (C=O) groups is 2. The number of carbonyl (C=O) groups excluding carboxylic acids is 2. The summed E-state index contributed by atoms with van der Waals surface area (Å²) >= 11 is 0. The van der Waals surface area contributed by atoms with Gasteiger partial charge in [-0.3, -0.25) is 24.4 Å². The summed E-state index contributed by atoms with van der Waals surface area (Å²) in [7, 11) is -1.69. The Morgan fingerprint density at radius 2 is 1.20 bits per heavy atom. The fourth-order valence-corrected chi connectivity index (χ4v) is 15.1. The van der Waals surface area contributed by atoms with Gasteiger partial charge in [-0.25, -0.2) is 0 Å². The summed E-state index contributed by atoms with van der Waals surface area (Å²) < 4.78 is 0. The third kappa shape index (κ3) is 13.4. The SMILES string of the molecule is C=C(C)C(=O)NCCCN(Cc1ccccc1B(O)O)Cc1c2ccccc2c(CN(CCCNC(=O)C(C)(C)C)Cc2ccccc2B(O)O)c2ccc(-c3ccc(C)c(C4=C5C=CC(=NC)C=C5[Si](C)(C)c5cc(NC)ccc54)c3)cc12. The van der Waals surface area contributed by atoms with Gasteiger partial charge in [0.05, 0.1) is 5.71 Å². The van der Waals surface area contributed by atoms with Gasteiger partial charge in [-0.2, -0.15) is 0 Å². The van der Waals surface area contributed by atoms with E-state index in [1.165, 1.54) is 32.7 Å². The molecule has 432 valence electrons. The molecule has 0 atom stereocenters. The maximum Gasteiger partial charge on any atom is 0.488 e. The molecule has 9 rings (SSSR count). The van der Waals surface area contributed by atoms with Crippen LogP contribution in [0.1, 0.15) is 79.5 Å². The van der Waals surface area contributed by atoms with Crippen molar-refractivity contribution in [1.82, 2.24) is 20.4 Å². The van der Waals surface area contributed by atoms with Crippen LogP contribution >= 0.6 is 0 Å². The van der Waals surface area contributed by atoms with Gasteiger partial charge in [-0.15, -0.1) is 0 Å². The first kappa shape index (κ1) is 61.1. The Hall–Kier alpha value is -7.46. The molecule has 2 amide bonds. The maximum atomic E-state index is 13.1. The summed E-state index contributed by atoms with van der Waals surface area (Å²) in [5.74, 6) is -0.212. The van der Waals surface area contributed by atoms with Crippen LogP contribution in [0, 0.1) is 12.3 Å². The highest BCUT2D eigenvalue weighted by molar-refractivity contribution is 6.98. The van der Waals surface area contributed by atoms with E-state index in [9.17, 15) is 29.7 Å². The Labute approximate surface area is 497 Å². The summed E-state index contributed by atoms with van der Waals surface area (Å²) in [5, 5.41) is 59.0. The minimum absolute atomic E-state index is 0.0175. The molecule has 0 fully saturated rings. The average molecular weight is 1140 g/mol. The van der Waals surface area contributed by atoms with Crippen LogP contribution in [0.4, 0.5) is 5.69 Å². The minimum Gasteiger partial charge on any atom is -0.423 e. The van der Waals surface area contributed by atoms with Gasteiger partial charge in [0, 0.05) is 83.1 Å². The lowest BCUT2D eigenvalue weighted by atomic mass is 9.77. The number of nitrogens with one attached hydrogen (secondary N) is 3. The lowest BCUT2D eigenvalue weighted by Gasteiger charge is -2.38. The van der Waals surface area contributed by atoms with Crippen LogP contribution in [0.25, 0.3) is 38.2 Å². The third-order valence-corrected chi connectivity index (χ3v) is 20.2. The van der Waals surface area contributed by atoms with Gasteiger partial charge in [-0.1, -0.05) is 150 Å². The molecule has 0 aromatic heterocycles. The second-order valence-corrected chi connectivity index (χ2v) is 28.4. The van der Waals surface area contributed by atoms with Crippen molar-refractivity contribution in [2.45, 2.75) is 86.7 Å². The van der Waals surface area contributed by atoms with Crippen LogP contribution in [0.5, 0.6) is 0 Å². The van der Waals surface area contributed by atoms with Crippen LogP contribution in [0.2, 0.25) is 13.1 Å². The zero-order valence-electron chi connectivity index (χ0n) is 50.2. The summed E-state index contributed by atoms with van der Waals surface area (Å²) in [4.78, 5) is 35.1. The molecule has 2 aliphatic rings. The lowest BCUT2D eigenvalue weighted by molar-refractivity contribution is -0.128. The van der Waals surface area contributed by atoms with Gasteiger partial charge in [0.25, 0.3) is 0 Å². The van der Waals surface area contributed by atoms with E-state index in [0.717, 1.165) is 71.9 Å². The molecule has 0 radical (unpaired) electrons. The van der Waals surface area contributed by atoms with Gasteiger partial charge in [-0.05, 0) is 167 Å². The van der Waals surface area contributed by atoms with Crippen molar-refractivity contribution in [2.75, 3.05) is 45.6 Å². The van der Waals surface area contributed by atoms with E-state index in [1.54, 1.807) is 19.1 Å². The Morgan fingerprint density at radius 1 is 0.655 bits per heavy atom. The summed E-state index contributed by atoms with van der Waals surface area (Å²) in [6.07, 6.45) is 7.99. The molecule has 7 aromatic carbocycles. The molecule has 1 aliphatic heterocycles. The number of hydrogen-bond acceptors (Lipinski definition) is 10. The molecule has 0 saturated carbocycles. The highest BCUT2D eigenvalue weighted by atomic mass is 28.3. The summed E-state index contributed by atoms with van der Waals surface area (Å²) in [6, 6.07) is 43.9. The summed E-state index contributed by atoms with van der Waals surface area (Å²) in [6.45, 7) is 22.2. The van der Waals surface area contributed by atoms with E-state index in [2.05, 4.69) is 154 Å². The number of aryl methyl sites for hydroxylation is 1. The maximum absolute atomic E-state index is 13.1. The number of benzene rings is 7. The molecule has 1 heterocycles. The van der Waals surface area contributed by atoms with E-state index < -0.39 is 27.7 Å². The molecular weight excluding hydrogens is 1060 g/mol. The fraction of sp³-hybridized carbons (Fsp3) is 0.290. The zero-order chi connectivity index (χ0) is 60.0.